The summed E-state index contributed by atoms with van der Waals surface area (Å²) in [5.41, 5.74) is -0.292. The molecule has 8 nitrogen and oxygen atoms in total. The average molecular weight is 319 g/mol. The van der Waals surface area contributed by atoms with E-state index < -0.39 is 11.5 Å². The topological polar surface area (TPSA) is 107 Å². The van der Waals surface area contributed by atoms with Gasteiger partial charge in [-0.15, -0.1) is 0 Å². The number of carboxylic acids is 1. The molecule has 1 aliphatic rings. The zero-order chi connectivity index (χ0) is 16.4. The van der Waals surface area contributed by atoms with Crippen molar-refractivity contribution in [3.05, 3.63) is 45.5 Å². The summed E-state index contributed by atoms with van der Waals surface area (Å²) in [7, 11) is 0. The van der Waals surface area contributed by atoms with Gasteiger partial charge in [-0.05, 0) is 31.4 Å². The third kappa shape index (κ3) is 3.16. The molecule has 3 heterocycles. The highest BCUT2D eigenvalue weighted by Gasteiger charge is 2.23. The van der Waals surface area contributed by atoms with Gasteiger partial charge >= 0.3 is 5.97 Å². The third-order valence-corrected chi connectivity index (χ3v) is 3.85. The first-order chi connectivity index (χ1) is 11.1. The molecular weight excluding hydrogens is 302 g/mol. The summed E-state index contributed by atoms with van der Waals surface area (Å²) in [5, 5.41) is 13.0. The molecule has 0 aliphatic carbocycles. The van der Waals surface area contributed by atoms with E-state index in [0.717, 1.165) is 12.8 Å². The van der Waals surface area contributed by atoms with Crippen molar-refractivity contribution >= 4 is 5.97 Å². The first-order valence-electron chi connectivity index (χ1n) is 7.43. The van der Waals surface area contributed by atoms with Gasteiger partial charge in [-0.3, -0.25) is 4.79 Å². The Hall–Kier alpha value is -2.48. The standard InChI is InChI=1S/C15H17N3O5/c1-9-4-6-18(14(19)12(9)15(20)21)7-5-11-16-13(23-17-11)10-3-2-8-22-10/h4,6,10H,2-3,5,7-8H2,1H3,(H,20,21). The number of carboxylic acid groups (broad SMARTS) is 1. The Morgan fingerprint density at radius 1 is 1.52 bits per heavy atom. The molecule has 0 saturated carbocycles. The van der Waals surface area contributed by atoms with E-state index in [9.17, 15) is 9.59 Å². The van der Waals surface area contributed by atoms with Crippen molar-refractivity contribution in [1.82, 2.24) is 14.7 Å². The number of hydrogen-bond acceptors (Lipinski definition) is 6. The molecule has 1 N–H and O–H groups in total. The number of ether oxygens (including phenoxy) is 1. The fourth-order valence-electron chi connectivity index (χ4n) is 2.59. The lowest BCUT2D eigenvalue weighted by Gasteiger charge is -2.07. The number of hydrogen-bond donors (Lipinski definition) is 1. The number of carbonyl (C=O) groups is 1. The quantitative estimate of drug-likeness (QED) is 0.885. The van der Waals surface area contributed by atoms with E-state index >= 15 is 0 Å². The lowest BCUT2D eigenvalue weighted by Crippen LogP contribution is -2.27. The second-order valence-corrected chi connectivity index (χ2v) is 5.48. The van der Waals surface area contributed by atoms with Crippen LogP contribution in [0.4, 0.5) is 0 Å². The van der Waals surface area contributed by atoms with E-state index in [1.54, 1.807) is 19.2 Å². The van der Waals surface area contributed by atoms with Gasteiger partial charge in [0.2, 0.25) is 0 Å². The van der Waals surface area contributed by atoms with Crippen LogP contribution in [0.1, 0.15) is 46.6 Å². The predicted molar refractivity (Wildman–Crippen MR) is 78.3 cm³/mol. The fraction of sp³-hybridized carbons (Fsp3) is 0.467. The summed E-state index contributed by atoms with van der Waals surface area (Å²) in [6.07, 6.45) is 3.64. The molecule has 23 heavy (non-hydrogen) atoms. The molecule has 1 fully saturated rings. The van der Waals surface area contributed by atoms with E-state index in [2.05, 4.69) is 10.1 Å². The molecule has 0 bridgehead atoms. The van der Waals surface area contributed by atoms with Crippen LogP contribution in [0.5, 0.6) is 0 Å². The second-order valence-electron chi connectivity index (χ2n) is 5.48. The summed E-state index contributed by atoms with van der Waals surface area (Å²) >= 11 is 0. The fourth-order valence-corrected chi connectivity index (χ4v) is 2.59. The average Bonchev–Trinajstić information content (AvgIpc) is 3.17. The van der Waals surface area contributed by atoms with Gasteiger partial charge in [0, 0.05) is 25.8 Å². The van der Waals surface area contributed by atoms with Crippen molar-refractivity contribution in [1.29, 1.82) is 0 Å². The highest BCUT2D eigenvalue weighted by Crippen LogP contribution is 2.26. The maximum atomic E-state index is 12.2. The summed E-state index contributed by atoms with van der Waals surface area (Å²) < 4.78 is 12.0. The zero-order valence-electron chi connectivity index (χ0n) is 12.7. The third-order valence-electron chi connectivity index (χ3n) is 3.85. The molecule has 2 aromatic rings. The lowest BCUT2D eigenvalue weighted by atomic mass is 10.1. The van der Waals surface area contributed by atoms with Crippen LogP contribution in [-0.2, 0) is 17.7 Å². The lowest BCUT2D eigenvalue weighted by molar-refractivity contribution is 0.0693. The normalized spacial score (nSPS) is 17.5. The van der Waals surface area contributed by atoms with E-state index in [0.29, 0.717) is 30.3 Å². The molecule has 0 spiro atoms. The van der Waals surface area contributed by atoms with Crippen molar-refractivity contribution in [2.45, 2.75) is 38.8 Å². The van der Waals surface area contributed by atoms with Gasteiger partial charge in [0.05, 0.1) is 0 Å². The van der Waals surface area contributed by atoms with E-state index in [4.69, 9.17) is 14.4 Å². The molecule has 1 atom stereocenters. The van der Waals surface area contributed by atoms with Crippen LogP contribution in [0, 0.1) is 6.92 Å². The Balaban J connectivity index is 1.72. The summed E-state index contributed by atoms with van der Waals surface area (Å²) in [6, 6.07) is 1.61. The van der Waals surface area contributed by atoms with Gasteiger partial charge in [-0.2, -0.15) is 4.98 Å². The van der Waals surface area contributed by atoms with E-state index in [1.807, 2.05) is 0 Å². The van der Waals surface area contributed by atoms with Crippen molar-refractivity contribution in [3.63, 3.8) is 0 Å². The second kappa shape index (κ2) is 6.33. The first-order valence-corrected chi connectivity index (χ1v) is 7.43. The molecule has 122 valence electrons. The number of pyridine rings is 1. The smallest absolute Gasteiger partial charge is 0.341 e. The number of nitrogens with zero attached hydrogens (tertiary/aromatic N) is 3. The minimum Gasteiger partial charge on any atom is -0.477 e. The van der Waals surface area contributed by atoms with Crippen LogP contribution in [0.3, 0.4) is 0 Å². The number of aromatic nitrogens is 3. The molecule has 0 amide bonds. The zero-order valence-corrected chi connectivity index (χ0v) is 12.7. The van der Waals surface area contributed by atoms with Crippen molar-refractivity contribution < 1.29 is 19.2 Å². The SMILES string of the molecule is Cc1ccn(CCc2noc(C3CCCO3)n2)c(=O)c1C(=O)O. The van der Waals surface area contributed by atoms with Gasteiger partial charge in [-0.25, -0.2) is 4.79 Å². The highest BCUT2D eigenvalue weighted by atomic mass is 16.5. The Morgan fingerprint density at radius 3 is 3.04 bits per heavy atom. The Labute approximate surface area is 131 Å². The van der Waals surface area contributed by atoms with Crippen molar-refractivity contribution in [2.75, 3.05) is 6.61 Å². The molecule has 1 saturated heterocycles. The largest absolute Gasteiger partial charge is 0.477 e. The summed E-state index contributed by atoms with van der Waals surface area (Å²) in [6.45, 7) is 2.57. The summed E-state index contributed by atoms with van der Waals surface area (Å²) in [5.74, 6) is -0.290. The molecule has 1 aliphatic heterocycles. The maximum Gasteiger partial charge on any atom is 0.341 e. The van der Waals surface area contributed by atoms with E-state index in [1.165, 1.54) is 4.57 Å². The molecule has 0 aromatic carbocycles. The van der Waals surface area contributed by atoms with Crippen LogP contribution >= 0.6 is 0 Å². The monoisotopic (exact) mass is 319 g/mol. The minimum atomic E-state index is -1.22. The Bertz CT molecular complexity index is 774. The number of aryl methyl sites for hydroxylation is 3. The predicted octanol–water partition coefficient (Wildman–Crippen LogP) is 1.33. The van der Waals surface area contributed by atoms with Crippen LogP contribution in [0.2, 0.25) is 0 Å². The van der Waals surface area contributed by atoms with Crippen LogP contribution in [-0.4, -0.2) is 32.4 Å². The number of rotatable bonds is 5. The first kappa shape index (κ1) is 15.4. The minimum absolute atomic E-state index is 0.142. The van der Waals surface area contributed by atoms with Gasteiger partial charge in [-0.1, -0.05) is 5.16 Å². The van der Waals surface area contributed by atoms with Crippen LogP contribution in [0.15, 0.2) is 21.6 Å². The Kier molecular flexibility index (Phi) is 4.24. The molecule has 3 rings (SSSR count). The van der Waals surface area contributed by atoms with Gasteiger partial charge < -0.3 is 18.9 Å². The van der Waals surface area contributed by atoms with Crippen LogP contribution in [0.25, 0.3) is 0 Å². The number of aromatic carboxylic acids is 1. The van der Waals surface area contributed by atoms with Crippen molar-refractivity contribution in [2.24, 2.45) is 0 Å². The Morgan fingerprint density at radius 2 is 2.35 bits per heavy atom. The molecule has 0 radical (unpaired) electrons. The maximum absolute atomic E-state index is 12.2. The van der Waals surface area contributed by atoms with Crippen LogP contribution < -0.4 is 5.56 Å². The molecule has 1 unspecified atom stereocenters. The van der Waals surface area contributed by atoms with Gasteiger partial charge in [0.25, 0.3) is 11.4 Å². The summed E-state index contributed by atoms with van der Waals surface area (Å²) in [4.78, 5) is 27.6. The molecule has 2 aromatic heterocycles. The molecular formula is C15H17N3O5. The van der Waals surface area contributed by atoms with Gasteiger partial charge in [0.1, 0.15) is 11.7 Å². The molecule has 8 heteroatoms. The highest BCUT2D eigenvalue weighted by molar-refractivity contribution is 5.88. The van der Waals surface area contributed by atoms with Crippen molar-refractivity contribution in [3.8, 4) is 0 Å². The van der Waals surface area contributed by atoms with Gasteiger partial charge in [0.15, 0.2) is 5.82 Å². The van der Waals surface area contributed by atoms with E-state index in [-0.39, 0.29) is 18.2 Å².